The Bertz CT molecular complexity index is 720. The molecule has 0 amide bonds. The Morgan fingerprint density at radius 3 is 1.18 bits per heavy atom. The number of halogens is 1. The Balaban J connectivity index is 0.0000102. The number of allylic oxidation sites excluding steroid dienone is 2. The average molecular weight is 522 g/mol. The minimum Gasteiger partial charge on any atom is -0.303 e. The zero-order valence-electron chi connectivity index (χ0n) is 22.0. The summed E-state index contributed by atoms with van der Waals surface area (Å²) < 4.78 is 0. The fourth-order valence-corrected chi connectivity index (χ4v) is 3.68. The molecule has 0 bridgehead atoms. The zero-order valence-corrected chi connectivity index (χ0v) is 23.7. The van der Waals surface area contributed by atoms with Crippen molar-refractivity contribution in [3.05, 3.63) is 47.5 Å². The van der Waals surface area contributed by atoms with E-state index in [4.69, 9.17) is 0 Å². The van der Waals surface area contributed by atoms with Crippen LogP contribution in [0.4, 0.5) is 0 Å². The van der Waals surface area contributed by atoms with Crippen LogP contribution < -0.4 is 0 Å². The van der Waals surface area contributed by atoms with Crippen LogP contribution in [0.15, 0.2) is 36.4 Å². The van der Waals surface area contributed by atoms with Crippen molar-refractivity contribution in [1.29, 1.82) is 0 Å². The second kappa shape index (κ2) is 14.6. The molecule has 4 nitrogen and oxygen atoms in total. The lowest BCUT2D eigenvalue weighted by Crippen LogP contribution is -2.38. The van der Waals surface area contributed by atoms with Crippen LogP contribution >= 0.6 is 17.0 Å². The summed E-state index contributed by atoms with van der Waals surface area (Å²) in [5.41, 5.74) is 1.12. The molecule has 0 unspecified atom stereocenters. The summed E-state index contributed by atoms with van der Waals surface area (Å²) in [6, 6.07) is 7.91. The Hall–Kier alpha value is -1.56. The molecule has 1 rings (SSSR count). The molecular weight excluding hydrogens is 476 g/mol. The van der Waals surface area contributed by atoms with Gasteiger partial charge in [0.25, 0.3) is 0 Å². The zero-order chi connectivity index (χ0) is 24.4. The van der Waals surface area contributed by atoms with Crippen molar-refractivity contribution in [3.63, 3.8) is 0 Å². The maximum absolute atomic E-state index is 12.7. The van der Waals surface area contributed by atoms with Crippen molar-refractivity contribution >= 4 is 40.7 Å². The van der Waals surface area contributed by atoms with E-state index < -0.39 is 10.8 Å². The van der Waals surface area contributed by atoms with Crippen LogP contribution in [0.5, 0.6) is 0 Å². The van der Waals surface area contributed by atoms with Gasteiger partial charge >= 0.3 is 0 Å². The van der Waals surface area contributed by atoms with Gasteiger partial charge in [0, 0.05) is 23.9 Å². The maximum Gasteiger partial charge on any atom is 0.162 e. The minimum absolute atomic E-state index is 0. The normalized spacial score (nSPS) is 12.7. The van der Waals surface area contributed by atoms with Gasteiger partial charge in [0.05, 0.1) is 0 Å². The summed E-state index contributed by atoms with van der Waals surface area (Å²) in [5, 5.41) is 0. The third kappa shape index (κ3) is 10.5. The van der Waals surface area contributed by atoms with E-state index in [0.29, 0.717) is 0 Å². The quantitative estimate of drug-likeness (QED) is 0.275. The Morgan fingerprint density at radius 2 is 0.939 bits per heavy atom. The van der Waals surface area contributed by atoms with Crippen molar-refractivity contribution in [3.8, 4) is 0 Å². The Kier molecular flexibility index (Phi) is 14.0. The molecule has 0 spiro atoms. The Labute approximate surface area is 212 Å². The van der Waals surface area contributed by atoms with E-state index in [1.54, 1.807) is 12.2 Å². The molecule has 0 aliphatic rings. The number of benzene rings is 1. The van der Waals surface area contributed by atoms with E-state index in [1.807, 2.05) is 64.1 Å². The molecule has 0 fully saturated rings. The first kappa shape index (κ1) is 31.4. The van der Waals surface area contributed by atoms with E-state index >= 15 is 0 Å². The maximum atomic E-state index is 12.7. The third-order valence-corrected chi connectivity index (χ3v) is 6.15. The summed E-state index contributed by atoms with van der Waals surface area (Å²) >= 11 is 0. The van der Waals surface area contributed by atoms with Crippen molar-refractivity contribution in [2.24, 2.45) is 10.8 Å². The van der Waals surface area contributed by atoms with Gasteiger partial charge in [-0.3, -0.25) is 9.59 Å². The van der Waals surface area contributed by atoms with Gasteiger partial charge in [-0.25, -0.2) is 0 Å². The van der Waals surface area contributed by atoms with Crippen LogP contribution in [0, 0.1) is 10.8 Å². The molecular formula is C28H45BrN2O2. The van der Waals surface area contributed by atoms with Gasteiger partial charge in [-0.1, -0.05) is 91.8 Å². The highest BCUT2D eigenvalue weighted by Gasteiger charge is 2.28. The number of ketones is 2. The highest BCUT2D eigenvalue weighted by Crippen LogP contribution is 2.21. The average Bonchev–Trinajstić information content (AvgIpc) is 2.78. The van der Waals surface area contributed by atoms with Crippen molar-refractivity contribution in [2.45, 2.75) is 55.4 Å². The molecule has 0 N–H and O–H groups in total. The summed E-state index contributed by atoms with van der Waals surface area (Å²) in [6.45, 7) is 21.8. The monoisotopic (exact) mass is 520 g/mol. The third-order valence-electron chi connectivity index (χ3n) is 6.15. The van der Waals surface area contributed by atoms with Crippen LogP contribution in [0.3, 0.4) is 0 Å². The number of hydrogen-bond donors (Lipinski definition) is 0. The van der Waals surface area contributed by atoms with Crippen molar-refractivity contribution in [2.75, 3.05) is 39.3 Å². The second-order valence-corrected chi connectivity index (χ2v) is 9.75. The lowest BCUT2D eigenvalue weighted by Gasteiger charge is -2.29. The summed E-state index contributed by atoms with van der Waals surface area (Å²) in [7, 11) is 0. The molecule has 5 heteroatoms. The molecule has 33 heavy (non-hydrogen) atoms. The lowest BCUT2D eigenvalue weighted by atomic mass is 9.86. The molecule has 186 valence electrons. The van der Waals surface area contributed by atoms with E-state index in [-0.39, 0.29) is 28.5 Å². The predicted molar refractivity (Wildman–Crippen MR) is 148 cm³/mol. The van der Waals surface area contributed by atoms with Crippen LogP contribution in [-0.2, 0) is 9.59 Å². The SMILES string of the molecule is Br.CCN(CC)CC(C)(C)C(=O)/C=C/c1ccc(/C=C/C(=O)C(C)(C)CN(CC)CC)cc1. The van der Waals surface area contributed by atoms with Crippen LogP contribution in [-0.4, -0.2) is 60.6 Å². The largest absolute Gasteiger partial charge is 0.303 e. The van der Waals surface area contributed by atoms with Gasteiger partial charge in [-0.2, -0.15) is 0 Å². The minimum atomic E-state index is -0.413. The smallest absolute Gasteiger partial charge is 0.162 e. The second-order valence-electron chi connectivity index (χ2n) is 9.75. The topological polar surface area (TPSA) is 40.6 Å². The van der Waals surface area contributed by atoms with Gasteiger partial charge in [-0.15, -0.1) is 17.0 Å². The summed E-state index contributed by atoms with van der Waals surface area (Å²) in [6.07, 6.45) is 7.12. The first-order valence-electron chi connectivity index (χ1n) is 12.0. The molecule has 0 saturated carbocycles. The molecule has 0 radical (unpaired) electrons. The van der Waals surface area contributed by atoms with E-state index in [1.165, 1.54) is 0 Å². The van der Waals surface area contributed by atoms with Crippen molar-refractivity contribution in [1.82, 2.24) is 9.80 Å². The van der Waals surface area contributed by atoms with Crippen LogP contribution in [0.1, 0.15) is 66.5 Å². The predicted octanol–water partition coefficient (Wildman–Crippen LogP) is 6.17. The van der Waals surface area contributed by atoms with Crippen molar-refractivity contribution < 1.29 is 9.59 Å². The molecule has 0 saturated heterocycles. The van der Waals surface area contributed by atoms with Gasteiger partial charge in [0.2, 0.25) is 0 Å². The number of carbonyl (C=O) groups excluding carboxylic acids is 2. The highest BCUT2D eigenvalue weighted by atomic mass is 79.9. The number of rotatable bonds is 14. The van der Waals surface area contributed by atoms with Gasteiger partial charge < -0.3 is 9.80 Å². The first-order chi connectivity index (χ1) is 15.0. The molecule has 0 aliphatic heterocycles. The highest BCUT2D eigenvalue weighted by molar-refractivity contribution is 8.93. The molecule has 0 aromatic heterocycles. The fraction of sp³-hybridized carbons (Fsp3) is 0.571. The Morgan fingerprint density at radius 1 is 0.667 bits per heavy atom. The molecule has 1 aromatic rings. The van der Waals surface area contributed by atoms with E-state index in [0.717, 1.165) is 50.4 Å². The first-order valence-corrected chi connectivity index (χ1v) is 12.0. The van der Waals surface area contributed by atoms with E-state index in [2.05, 4.69) is 37.5 Å². The number of nitrogens with zero attached hydrogens (tertiary/aromatic N) is 2. The van der Waals surface area contributed by atoms with Gasteiger partial charge in [0.15, 0.2) is 11.6 Å². The van der Waals surface area contributed by atoms with Gasteiger partial charge in [-0.05, 0) is 49.5 Å². The lowest BCUT2D eigenvalue weighted by molar-refractivity contribution is -0.123. The summed E-state index contributed by atoms with van der Waals surface area (Å²) in [5.74, 6) is 0.267. The fourth-order valence-electron chi connectivity index (χ4n) is 3.68. The summed E-state index contributed by atoms with van der Waals surface area (Å²) in [4.78, 5) is 29.9. The molecule has 0 aliphatic carbocycles. The van der Waals surface area contributed by atoms with Gasteiger partial charge in [0.1, 0.15) is 0 Å². The molecule has 1 aromatic carbocycles. The molecule has 0 heterocycles. The number of carbonyl (C=O) groups is 2. The van der Waals surface area contributed by atoms with Crippen LogP contribution in [0.2, 0.25) is 0 Å². The van der Waals surface area contributed by atoms with Crippen LogP contribution in [0.25, 0.3) is 12.2 Å². The standard InChI is InChI=1S/C28H44N2O2.BrH/c1-9-29(10-2)21-27(5,6)25(31)19-17-23-13-15-24(16-14-23)18-20-26(32)28(7,8)22-30(11-3)12-4;/h13-20H,9-12,21-22H2,1-8H3;1H/b19-17+,20-18+;. The van der Waals surface area contributed by atoms with E-state index in [9.17, 15) is 9.59 Å². The molecule has 0 atom stereocenters. The number of hydrogen-bond acceptors (Lipinski definition) is 4.